The number of rotatable bonds is 6. The molecule has 0 saturated carbocycles. The summed E-state index contributed by atoms with van der Waals surface area (Å²) < 4.78 is 5.14. The van der Waals surface area contributed by atoms with Gasteiger partial charge in [0.25, 0.3) is 0 Å². The molecule has 0 aliphatic carbocycles. The van der Waals surface area contributed by atoms with Crippen molar-refractivity contribution in [3.05, 3.63) is 59.9 Å². The number of hydrogen-bond donors (Lipinski definition) is 0. The van der Waals surface area contributed by atoms with Gasteiger partial charge in [-0.1, -0.05) is 18.2 Å². The number of aromatic nitrogens is 1. The van der Waals surface area contributed by atoms with E-state index in [0.29, 0.717) is 0 Å². The molecule has 1 unspecified atom stereocenters. The van der Waals surface area contributed by atoms with Crippen LogP contribution in [0.5, 0.6) is 5.75 Å². The van der Waals surface area contributed by atoms with Crippen molar-refractivity contribution >= 4 is 11.6 Å². The van der Waals surface area contributed by atoms with Gasteiger partial charge >= 0.3 is 0 Å². The van der Waals surface area contributed by atoms with Gasteiger partial charge in [0.1, 0.15) is 5.75 Å². The summed E-state index contributed by atoms with van der Waals surface area (Å²) in [5, 5.41) is 0.122. The van der Waals surface area contributed by atoms with Crippen molar-refractivity contribution in [2.75, 3.05) is 7.11 Å². The number of alkyl halides is 1. The molecule has 3 heteroatoms. The second-order valence-electron chi connectivity index (χ2n) is 4.51. The van der Waals surface area contributed by atoms with Crippen molar-refractivity contribution in [3.8, 4) is 5.75 Å². The zero-order valence-electron chi connectivity index (χ0n) is 11.1. The maximum absolute atomic E-state index is 6.36. The molecular weight excluding hydrogens is 258 g/mol. The van der Waals surface area contributed by atoms with Gasteiger partial charge in [0.05, 0.1) is 7.11 Å². The molecule has 1 aromatic heterocycles. The first-order valence-corrected chi connectivity index (χ1v) is 6.88. The lowest BCUT2D eigenvalue weighted by atomic mass is 10.1. The minimum atomic E-state index is 0.122. The smallest absolute Gasteiger partial charge is 0.118 e. The lowest BCUT2D eigenvalue weighted by molar-refractivity contribution is 0.414. The Kier molecular flexibility index (Phi) is 5.22. The number of nitrogens with zero attached hydrogens (tertiary/aromatic N) is 1. The lowest BCUT2D eigenvalue weighted by Crippen LogP contribution is -2.06. The van der Waals surface area contributed by atoms with E-state index in [4.69, 9.17) is 16.3 Å². The molecule has 0 N–H and O–H groups in total. The number of ether oxygens (including phenoxy) is 1. The monoisotopic (exact) mass is 275 g/mol. The zero-order chi connectivity index (χ0) is 13.5. The maximum atomic E-state index is 6.36. The summed E-state index contributed by atoms with van der Waals surface area (Å²) in [6.45, 7) is 0. The van der Waals surface area contributed by atoms with Crippen LogP contribution in [-0.2, 0) is 12.8 Å². The van der Waals surface area contributed by atoms with E-state index >= 15 is 0 Å². The second kappa shape index (κ2) is 7.15. The quantitative estimate of drug-likeness (QED) is 0.747. The first-order chi connectivity index (χ1) is 9.28. The standard InChI is InChI=1S/C16H18ClNO/c1-19-16-9-6-13(7-10-16)5-8-14(17)12-15-4-2-3-11-18-15/h2-4,6-7,9-11,14H,5,8,12H2,1H3. The topological polar surface area (TPSA) is 22.1 Å². The summed E-state index contributed by atoms with van der Waals surface area (Å²) >= 11 is 6.36. The Bertz CT molecular complexity index is 484. The van der Waals surface area contributed by atoms with Crippen molar-refractivity contribution in [3.63, 3.8) is 0 Å². The normalized spacial score (nSPS) is 12.1. The van der Waals surface area contributed by atoms with Crippen molar-refractivity contribution in [2.24, 2.45) is 0 Å². The molecule has 100 valence electrons. The van der Waals surface area contributed by atoms with E-state index in [-0.39, 0.29) is 5.38 Å². The van der Waals surface area contributed by atoms with Crippen LogP contribution in [0.4, 0.5) is 0 Å². The molecule has 19 heavy (non-hydrogen) atoms. The summed E-state index contributed by atoms with van der Waals surface area (Å²) in [7, 11) is 1.68. The van der Waals surface area contributed by atoms with Gasteiger partial charge in [0.15, 0.2) is 0 Å². The van der Waals surface area contributed by atoms with E-state index in [1.165, 1.54) is 5.56 Å². The van der Waals surface area contributed by atoms with E-state index in [2.05, 4.69) is 17.1 Å². The Hall–Kier alpha value is -1.54. The molecule has 1 aromatic carbocycles. The fourth-order valence-corrected chi connectivity index (χ4v) is 2.23. The average molecular weight is 276 g/mol. The molecule has 0 aliphatic heterocycles. The van der Waals surface area contributed by atoms with E-state index < -0.39 is 0 Å². The summed E-state index contributed by atoms with van der Waals surface area (Å²) in [6, 6.07) is 14.1. The van der Waals surface area contributed by atoms with Gasteiger partial charge in [-0.05, 0) is 42.7 Å². The third-order valence-electron chi connectivity index (χ3n) is 3.06. The highest BCUT2D eigenvalue weighted by molar-refractivity contribution is 6.20. The van der Waals surface area contributed by atoms with Crippen LogP contribution in [0.1, 0.15) is 17.7 Å². The van der Waals surface area contributed by atoms with Gasteiger partial charge < -0.3 is 4.74 Å². The number of aryl methyl sites for hydroxylation is 1. The maximum Gasteiger partial charge on any atom is 0.118 e. The van der Waals surface area contributed by atoms with Crippen LogP contribution in [0, 0.1) is 0 Å². The van der Waals surface area contributed by atoms with Gasteiger partial charge in [-0.2, -0.15) is 0 Å². The molecule has 0 radical (unpaired) electrons. The highest BCUT2D eigenvalue weighted by Gasteiger charge is 2.07. The van der Waals surface area contributed by atoms with E-state index in [0.717, 1.165) is 30.7 Å². The van der Waals surface area contributed by atoms with E-state index in [9.17, 15) is 0 Å². The molecule has 2 aromatic rings. The van der Waals surface area contributed by atoms with Crippen LogP contribution in [0.15, 0.2) is 48.7 Å². The predicted octanol–water partition coefficient (Wildman–Crippen LogP) is 3.87. The first-order valence-electron chi connectivity index (χ1n) is 6.45. The number of halogens is 1. The van der Waals surface area contributed by atoms with Crippen LogP contribution in [-0.4, -0.2) is 17.5 Å². The zero-order valence-corrected chi connectivity index (χ0v) is 11.8. The molecule has 0 saturated heterocycles. The SMILES string of the molecule is COc1ccc(CCC(Cl)Cc2ccccn2)cc1. The molecular formula is C16H18ClNO. The van der Waals surface area contributed by atoms with E-state index in [1.54, 1.807) is 7.11 Å². The molecule has 2 rings (SSSR count). The largest absolute Gasteiger partial charge is 0.497 e. The van der Waals surface area contributed by atoms with Crippen LogP contribution in [0.3, 0.4) is 0 Å². The van der Waals surface area contributed by atoms with Crippen LogP contribution in [0.2, 0.25) is 0 Å². The number of hydrogen-bond acceptors (Lipinski definition) is 2. The molecule has 0 fully saturated rings. The van der Waals surface area contributed by atoms with Gasteiger partial charge in [0, 0.05) is 23.7 Å². The van der Waals surface area contributed by atoms with Crippen LogP contribution >= 0.6 is 11.6 Å². The minimum absolute atomic E-state index is 0.122. The van der Waals surface area contributed by atoms with Gasteiger partial charge in [-0.15, -0.1) is 11.6 Å². The third kappa shape index (κ3) is 4.56. The predicted molar refractivity (Wildman–Crippen MR) is 78.9 cm³/mol. The first kappa shape index (κ1) is 13.9. The third-order valence-corrected chi connectivity index (χ3v) is 3.43. The molecule has 0 spiro atoms. The van der Waals surface area contributed by atoms with Gasteiger partial charge in [-0.3, -0.25) is 4.98 Å². The highest BCUT2D eigenvalue weighted by Crippen LogP contribution is 2.16. The molecule has 2 nitrogen and oxygen atoms in total. The fraction of sp³-hybridized carbons (Fsp3) is 0.312. The average Bonchev–Trinajstić information content (AvgIpc) is 2.47. The van der Waals surface area contributed by atoms with Crippen molar-refractivity contribution < 1.29 is 4.74 Å². The molecule has 1 atom stereocenters. The van der Waals surface area contributed by atoms with Crippen LogP contribution in [0.25, 0.3) is 0 Å². The number of benzene rings is 1. The summed E-state index contributed by atoms with van der Waals surface area (Å²) in [4.78, 5) is 4.30. The highest BCUT2D eigenvalue weighted by atomic mass is 35.5. The van der Waals surface area contributed by atoms with Crippen molar-refractivity contribution in [1.82, 2.24) is 4.98 Å². The molecule has 0 aliphatic rings. The molecule has 1 heterocycles. The second-order valence-corrected chi connectivity index (χ2v) is 5.13. The van der Waals surface area contributed by atoms with E-state index in [1.807, 2.05) is 36.5 Å². The van der Waals surface area contributed by atoms with Crippen molar-refractivity contribution in [1.29, 1.82) is 0 Å². The van der Waals surface area contributed by atoms with Crippen LogP contribution < -0.4 is 4.74 Å². The Morgan fingerprint density at radius 1 is 1.16 bits per heavy atom. The Morgan fingerprint density at radius 3 is 2.58 bits per heavy atom. The lowest BCUT2D eigenvalue weighted by Gasteiger charge is -2.09. The number of pyridine rings is 1. The summed E-state index contributed by atoms with van der Waals surface area (Å²) in [6.07, 6.45) is 4.55. The van der Waals surface area contributed by atoms with Gasteiger partial charge in [0.2, 0.25) is 0 Å². The van der Waals surface area contributed by atoms with Crippen molar-refractivity contribution in [2.45, 2.75) is 24.6 Å². The minimum Gasteiger partial charge on any atom is -0.497 e. The Morgan fingerprint density at radius 2 is 1.95 bits per heavy atom. The Balaban J connectivity index is 1.81. The Labute approximate surface area is 119 Å². The molecule has 0 bridgehead atoms. The summed E-state index contributed by atoms with van der Waals surface area (Å²) in [5.74, 6) is 0.889. The fourth-order valence-electron chi connectivity index (χ4n) is 1.96. The molecule has 0 amide bonds. The van der Waals surface area contributed by atoms with Gasteiger partial charge in [-0.25, -0.2) is 0 Å². The summed E-state index contributed by atoms with van der Waals surface area (Å²) in [5.41, 5.74) is 2.34. The number of methoxy groups -OCH3 is 1.